The van der Waals surface area contributed by atoms with Crippen LogP contribution in [0.2, 0.25) is 0 Å². The summed E-state index contributed by atoms with van der Waals surface area (Å²) in [4.78, 5) is 20.5. The Morgan fingerprint density at radius 1 is 1.18 bits per heavy atom. The first-order valence-corrected chi connectivity index (χ1v) is 8.56. The van der Waals surface area contributed by atoms with Crippen LogP contribution in [0.3, 0.4) is 0 Å². The molecule has 3 aromatic rings. The summed E-state index contributed by atoms with van der Waals surface area (Å²) >= 11 is 0. The Morgan fingerprint density at radius 2 is 1.96 bits per heavy atom. The van der Waals surface area contributed by atoms with Crippen molar-refractivity contribution in [1.82, 2.24) is 25.1 Å². The average molecular weight is 389 g/mol. The van der Waals surface area contributed by atoms with E-state index >= 15 is 0 Å². The van der Waals surface area contributed by atoms with Gasteiger partial charge in [0.05, 0.1) is 23.0 Å². The van der Waals surface area contributed by atoms with Crippen LogP contribution in [-0.2, 0) is 12.7 Å². The highest BCUT2D eigenvalue weighted by atomic mass is 19.4. The molecule has 1 N–H and O–H groups in total. The van der Waals surface area contributed by atoms with Crippen LogP contribution in [0.15, 0.2) is 49.1 Å². The van der Waals surface area contributed by atoms with Crippen molar-refractivity contribution < 1.29 is 18.0 Å². The molecule has 0 aliphatic heterocycles. The van der Waals surface area contributed by atoms with Crippen LogP contribution in [0.5, 0.6) is 0 Å². The first-order valence-electron chi connectivity index (χ1n) is 8.56. The molecule has 28 heavy (non-hydrogen) atoms. The van der Waals surface area contributed by atoms with E-state index < -0.39 is 11.7 Å². The van der Waals surface area contributed by atoms with Crippen LogP contribution in [0, 0.1) is 0 Å². The van der Waals surface area contributed by atoms with E-state index in [9.17, 15) is 18.0 Å². The largest absolute Gasteiger partial charge is 0.417 e. The molecule has 0 radical (unpaired) electrons. The minimum Gasteiger partial charge on any atom is -0.348 e. The molecule has 0 atom stereocenters. The number of carbonyl (C=O) groups is 1. The van der Waals surface area contributed by atoms with Crippen molar-refractivity contribution in [3.05, 3.63) is 71.4 Å². The molecule has 0 fully saturated rings. The molecule has 0 unspecified atom stereocenters. The maximum atomic E-state index is 12.7. The van der Waals surface area contributed by atoms with Crippen molar-refractivity contribution in [2.24, 2.45) is 0 Å². The lowest BCUT2D eigenvalue weighted by Gasteiger charge is -2.13. The first kappa shape index (κ1) is 19.5. The highest BCUT2D eigenvalue weighted by Gasteiger charge is 2.31. The predicted octanol–water partition coefficient (Wildman–Crippen LogP) is 3.73. The van der Waals surface area contributed by atoms with Crippen LogP contribution in [0.1, 0.15) is 46.9 Å². The van der Waals surface area contributed by atoms with Gasteiger partial charge in [0.25, 0.3) is 5.91 Å². The zero-order chi connectivity index (χ0) is 20.3. The van der Waals surface area contributed by atoms with Crippen molar-refractivity contribution >= 4 is 5.91 Å². The van der Waals surface area contributed by atoms with E-state index in [0.29, 0.717) is 17.8 Å². The molecular formula is C19H18F3N5O. The van der Waals surface area contributed by atoms with Gasteiger partial charge in [0.2, 0.25) is 0 Å². The fraction of sp³-hybridized carbons (Fsp3) is 0.263. The van der Waals surface area contributed by atoms with Crippen LogP contribution >= 0.6 is 0 Å². The van der Waals surface area contributed by atoms with E-state index in [4.69, 9.17) is 0 Å². The fourth-order valence-electron chi connectivity index (χ4n) is 2.73. The van der Waals surface area contributed by atoms with E-state index in [2.05, 4.69) is 20.4 Å². The van der Waals surface area contributed by atoms with Gasteiger partial charge in [-0.2, -0.15) is 18.3 Å². The number of hydrogen-bond donors (Lipinski definition) is 1. The second-order valence-corrected chi connectivity index (χ2v) is 6.46. The molecule has 3 heterocycles. The van der Waals surface area contributed by atoms with Crippen LogP contribution < -0.4 is 5.32 Å². The van der Waals surface area contributed by atoms with Gasteiger partial charge in [-0.25, -0.2) is 9.67 Å². The number of halogens is 3. The van der Waals surface area contributed by atoms with Crippen molar-refractivity contribution in [3.8, 4) is 5.82 Å². The van der Waals surface area contributed by atoms with Gasteiger partial charge < -0.3 is 5.32 Å². The quantitative estimate of drug-likeness (QED) is 0.722. The summed E-state index contributed by atoms with van der Waals surface area (Å²) in [7, 11) is 0. The average Bonchev–Trinajstić information content (AvgIpc) is 3.12. The summed E-state index contributed by atoms with van der Waals surface area (Å²) in [5, 5.41) is 6.98. The standard InChI is InChI=1S/C19H18F3N5O/c1-12(2)17-15(18(28)25-9-13-4-3-7-23-8-13)11-26-27(17)16-6-5-14(10-24-16)19(20,21)22/h3-8,10-12H,9H2,1-2H3,(H,25,28). The Morgan fingerprint density at radius 3 is 2.54 bits per heavy atom. The Bertz CT molecular complexity index is 950. The van der Waals surface area contributed by atoms with Gasteiger partial charge in [-0.05, 0) is 29.7 Å². The van der Waals surface area contributed by atoms with E-state index in [1.807, 2.05) is 19.9 Å². The third-order valence-corrected chi connectivity index (χ3v) is 4.07. The van der Waals surface area contributed by atoms with Gasteiger partial charge in [0.15, 0.2) is 5.82 Å². The molecule has 6 nitrogen and oxygen atoms in total. The van der Waals surface area contributed by atoms with Gasteiger partial charge in [-0.1, -0.05) is 19.9 Å². The number of rotatable bonds is 5. The summed E-state index contributed by atoms with van der Waals surface area (Å²) in [6.45, 7) is 4.04. The number of nitrogens with zero attached hydrogens (tertiary/aromatic N) is 4. The minimum atomic E-state index is -4.46. The number of alkyl halides is 3. The summed E-state index contributed by atoms with van der Waals surface area (Å²) in [5.74, 6) is -0.223. The smallest absolute Gasteiger partial charge is 0.348 e. The SMILES string of the molecule is CC(C)c1c(C(=O)NCc2cccnc2)cnn1-c1ccc(C(F)(F)F)cn1. The second kappa shape index (κ2) is 7.79. The van der Waals surface area contributed by atoms with E-state index in [1.165, 1.54) is 16.9 Å². The molecule has 1 amide bonds. The first-order chi connectivity index (χ1) is 13.3. The number of hydrogen-bond acceptors (Lipinski definition) is 4. The van der Waals surface area contributed by atoms with Gasteiger partial charge in [-0.3, -0.25) is 9.78 Å². The molecule has 9 heteroatoms. The maximum Gasteiger partial charge on any atom is 0.417 e. The molecule has 0 bridgehead atoms. The molecular weight excluding hydrogens is 371 g/mol. The lowest BCUT2D eigenvalue weighted by atomic mass is 10.1. The number of amides is 1. The van der Waals surface area contributed by atoms with Gasteiger partial charge in [-0.15, -0.1) is 0 Å². The lowest BCUT2D eigenvalue weighted by Crippen LogP contribution is -2.24. The lowest BCUT2D eigenvalue weighted by molar-refractivity contribution is -0.137. The molecule has 3 rings (SSSR count). The van der Waals surface area contributed by atoms with Crippen LogP contribution in [0.25, 0.3) is 5.82 Å². The fourth-order valence-corrected chi connectivity index (χ4v) is 2.73. The van der Waals surface area contributed by atoms with Gasteiger partial charge >= 0.3 is 6.18 Å². The summed E-state index contributed by atoms with van der Waals surface area (Å²) in [6, 6.07) is 5.79. The van der Waals surface area contributed by atoms with Crippen LogP contribution in [0.4, 0.5) is 13.2 Å². The van der Waals surface area contributed by atoms with E-state index in [-0.39, 0.29) is 17.6 Å². The van der Waals surface area contributed by atoms with Crippen molar-refractivity contribution in [2.45, 2.75) is 32.5 Å². The van der Waals surface area contributed by atoms with Crippen LogP contribution in [-0.4, -0.2) is 25.7 Å². The van der Waals surface area contributed by atoms with Crippen molar-refractivity contribution in [1.29, 1.82) is 0 Å². The molecule has 0 spiro atoms. The molecule has 3 aromatic heterocycles. The summed E-state index contributed by atoms with van der Waals surface area (Å²) in [5.41, 5.74) is 0.916. The Balaban J connectivity index is 1.86. The van der Waals surface area contributed by atoms with E-state index in [0.717, 1.165) is 17.8 Å². The number of nitrogens with one attached hydrogen (secondary N) is 1. The minimum absolute atomic E-state index is 0.106. The predicted molar refractivity (Wildman–Crippen MR) is 95.9 cm³/mol. The molecule has 0 aliphatic rings. The normalized spacial score (nSPS) is 11.6. The molecule has 0 saturated carbocycles. The maximum absolute atomic E-state index is 12.7. The van der Waals surface area contributed by atoms with Gasteiger partial charge in [0, 0.05) is 25.1 Å². The zero-order valence-electron chi connectivity index (χ0n) is 15.2. The highest BCUT2D eigenvalue weighted by Crippen LogP contribution is 2.29. The third kappa shape index (κ3) is 4.19. The van der Waals surface area contributed by atoms with Gasteiger partial charge in [0.1, 0.15) is 0 Å². The summed E-state index contributed by atoms with van der Waals surface area (Å²) < 4.78 is 39.6. The molecule has 146 valence electrons. The van der Waals surface area contributed by atoms with Crippen molar-refractivity contribution in [3.63, 3.8) is 0 Å². The highest BCUT2D eigenvalue weighted by molar-refractivity contribution is 5.95. The molecule has 0 aromatic carbocycles. The third-order valence-electron chi connectivity index (χ3n) is 4.07. The molecule has 0 aliphatic carbocycles. The summed E-state index contributed by atoms with van der Waals surface area (Å²) in [6.07, 6.45) is 0.979. The zero-order valence-corrected chi connectivity index (χ0v) is 15.2. The van der Waals surface area contributed by atoms with E-state index in [1.54, 1.807) is 18.5 Å². The van der Waals surface area contributed by atoms with Crippen molar-refractivity contribution in [2.75, 3.05) is 0 Å². The number of pyridine rings is 2. The number of carbonyl (C=O) groups excluding carboxylic acids is 1. The Kier molecular flexibility index (Phi) is 5.43. The monoisotopic (exact) mass is 389 g/mol. The Labute approximate surface area is 159 Å². The topological polar surface area (TPSA) is 72.7 Å². The second-order valence-electron chi connectivity index (χ2n) is 6.46. The molecule has 0 saturated heterocycles. The number of aromatic nitrogens is 4. The Hall–Kier alpha value is -3.23.